The predicted octanol–water partition coefficient (Wildman–Crippen LogP) is 2.91. The number of hydrogen-bond acceptors (Lipinski definition) is 4. The summed E-state index contributed by atoms with van der Waals surface area (Å²) in [5.74, 6) is 0. The third-order valence-corrected chi connectivity index (χ3v) is 3.61. The molecule has 0 aliphatic rings. The summed E-state index contributed by atoms with van der Waals surface area (Å²) in [6, 6.07) is 0.552. The van der Waals surface area contributed by atoms with E-state index in [0.717, 1.165) is 24.6 Å². The van der Waals surface area contributed by atoms with Gasteiger partial charge in [-0.2, -0.15) is 0 Å². The Bertz CT molecular complexity index is 358. The Hall–Kier alpha value is -0.450. The van der Waals surface area contributed by atoms with Gasteiger partial charge in [0.25, 0.3) is 0 Å². The van der Waals surface area contributed by atoms with Crippen molar-refractivity contribution in [1.82, 2.24) is 15.2 Å². The summed E-state index contributed by atoms with van der Waals surface area (Å²) >= 11 is 1.73. The van der Waals surface area contributed by atoms with Gasteiger partial charge in [-0.05, 0) is 19.4 Å². The van der Waals surface area contributed by atoms with Crippen molar-refractivity contribution in [2.45, 2.75) is 47.2 Å². The highest BCUT2D eigenvalue weighted by Gasteiger charge is 2.20. The van der Waals surface area contributed by atoms with Gasteiger partial charge >= 0.3 is 0 Å². The Labute approximate surface area is 116 Å². The molecule has 0 atom stereocenters. The van der Waals surface area contributed by atoms with E-state index in [4.69, 9.17) is 0 Å². The molecule has 0 amide bonds. The van der Waals surface area contributed by atoms with Gasteiger partial charge in [0.05, 0.1) is 10.7 Å². The largest absolute Gasteiger partial charge is 0.314 e. The number of hydrogen-bond donors (Lipinski definition) is 1. The van der Waals surface area contributed by atoms with Crippen LogP contribution in [0.4, 0.5) is 0 Å². The fourth-order valence-corrected chi connectivity index (χ4v) is 2.68. The number of thiazole rings is 1. The first-order valence-electron chi connectivity index (χ1n) is 6.61. The van der Waals surface area contributed by atoms with Gasteiger partial charge in [0.15, 0.2) is 0 Å². The molecule has 0 aliphatic heterocycles. The summed E-state index contributed by atoms with van der Waals surface area (Å²) in [6.07, 6.45) is 0. The van der Waals surface area contributed by atoms with Crippen molar-refractivity contribution < 1.29 is 0 Å². The van der Waals surface area contributed by atoms with Crippen LogP contribution >= 0.6 is 11.3 Å². The summed E-state index contributed by atoms with van der Waals surface area (Å²) in [4.78, 5) is 6.87. The SMILES string of the molecule is Cc1nc(CN(C)CC(C)(C)CNC(C)C)cs1. The van der Waals surface area contributed by atoms with Crippen molar-refractivity contribution >= 4 is 11.3 Å². The minimum absolute atomic E-state index is 0.282. The quantitative estimate of drug-likeness (QED) is 0.825. The minimum atomic E-state index is 0.282. The third kappa shape index (κ3) is 5.94. The first-order valence-corrected chi connectivity index (χ1v) is 7.49. The van der Waals surface area contributed by atoms with E-state index >= 15 is 0 Å². The number of aryl methyl sites for hydroxylation is 1. The van der Waals surface area contributed by atoms with Crippen molar-refractivity contribution in [3.8, 4) is 0 Å². The van der Waals surface area contributed by atoms with E-state index in [1.54, 1.807) is 11.3 Å². The highest BCUT2D eigenvalue weighted by Crippen LogP contribution is 2.17. The molecule has 1 aromatic heterocycles. The standard InChI is InChI=1S/C14H27N3S/c1-11(2)15-9-14(4,5)10-17(6)7-13-8-18-12(3)16-13/h8,11,15H,7,9-10H2,1-6H3. The zero-order chi connectivity index (χ0) is 13.8. The molecule has 0 aliphatic carbocycles. The molecule has 1 N–H and O–H groups in total. The molecule has 1 aromatic rings. The molecule has 4 heteroatoms. The summed E-state index contributed by atoms with van der Waals surface area (Å²) in [7, 11) is 2.17. The first-order chi connectivity index (χ1) is 8.28. The summed E-state index contributed by atoms with van der Waals surface area (Å²) < 4.78 is 0. The molecular formula is C14H27N3S. The smallest absolute Gasteiger partial charge is 0.0897 e. The highest BCUT2D eigenvalue weighted by atomic mass is 32.1. The predicted molar refractivity (Wildman–Crippen MR) is 80.1 cm³/mol. The van der Waals surface area contributed by atoms with Crippen LogP contribution in [-0.2, 0) is 6.54 Å². The second kappa shape index (κ2) is 6.64. The van der Waals surface area contributed by atoms with Gasteiger partial charge in [-0.15, -0.1) is 11.3 Å². The molecule has 1 rings (SSSR count). The number of nitrogens with zero attached hydrogens (tertiary/aromatic N) is 2. The molecule has 104 valence electrons. The van der Waals surface area contributed by atoms with Gasteiger partial charge in [-0.3, -0.25) is 4.90 Å². The van der Waals surface area contributed by atoms with Crippen molar-refractivity contribution in [3.05, 3.63) is 16.1 Å². The lowest BCUT2D eigenvalue weighted by Crippen LogP contribution is -2.40. The monoisotopic (exact) mass is 269 g/mol. The Morgan fingerprint density at radius 2 is 2.11 bits per heavy atom. The number of aromatic nitrogens is 1. The molecule has 0 radical (unpaired) electrons. The molecule has 3 nitrogen and oxygen atoms in total. The van der Waals surface area contributed by atoms with Crippen LogP contribution in [0.1, 0.15) is 38.4 Å². The Balaban J connectivity index is 2.40. The van der Waals surface area contributed by atoms with E-state index in [2.05, 4.69) is 62.2 Å². The number of nitrogens with one attached hydrogen (secondary N) is 1. The average molecular weight is 269 g/mol. The topological polar surface area (TPSA) is 28.2 Å². The molecule has 0 fully saturated rings. The highest BCUT2D eigenvalue weighted by molar-refractivity contribution is 7.09. The van der Waals surface area contributed by atoms with Gasteiger partial charge in [0.2, 0.25) is 0 Å². The second-order valence-electron chi connectivity index (χ2n) is 6.23. The summed E-state index contributed by atoms with van der Waals surface area (Å²) in [5, 5.41) is 6.83. The van der Waals surface area contributed by atoms with Gasteiger partial charge in [-0.25, -0.2) is 4.98 Å². The maximum Gasteiger partial charge on any atom is 0.0897 e. The molecule has 0 bridgehead atoms. The van der Waals surface area contributed by atoms with Crippen molar-refractivity contribution in [1.29, 1.82) is 0 Å². The first kappa shape index (κ1) is 15.6. The molecule has 0 spiro atoms. The fourth-order valence-electron chi connectivity index (χ4n) is 2.08. The van der Waals surface area contributed by atoms with E-state index in [0.29, 0.717) is 6.04 Å². The van der Waals surface area contributed by atoms with Gasteiger partial charge < -0.3 is 5.32 Å². The molecule has 0 unspecified atom stereocenters. The minimum Gasteiger partial charge on any atom is -0.314 e. The third-order valence-electron chi connectivity index (χ3n) is 2.79. The molecule has 1 heterocycles. The van der Waals surface area contributed by atoms with Crippen LogP contribution in [0.2, 0.25) is 0 Å². The van der Waals surface area contributed by atoms with Gasteiger partial charge in [0.1, 0.15) is 0 Å². The van der Waals surface area contributed by atoms with E-state index in [1.807, 2.05) is 0 Å². The lowest BCUT2D eigenvalue weighted by molar-refractivity contribution is 0.194. The molecule has 18 heavy (non-hydrogen) atoms. The zero-order valence-electron chi connectivity index (χ0n) is 12.6. The maximum atomic E-state index is 4.52. The fraction of sp³-hybridized carbons (Fsp3) is 0.786. The molecular weight excluding hydrogens is 242 g/mol. The van der Waals surface area contributed by atoms with Crippen LogP contribution in [-0.4, -0.2) is 36.1 Å². The van der Waals surface area contributed by atoms with Crippen LogP contribution in [0.3, 0.4) is 0 Å². The average Bonchev–Trinajstić information content (AvgIpc) is 2.60. The van der Waals surface area contributed by atoms with Crippen LogP contribution < -0.4 is 5.32 Å². The van der Waals surface area contributed by atoms with Crippen molar-refractivity contribution in [2.75, 3.05) is 20.1 Å². The summed E-state index contributed by atoms with van der Waals surface area (Å²) in [6.45, 7) is 14.1. The second-order valence-corrected chi connectivity index (χ2v) is 7.29. The zero-order valence-corrected chi connectivity index (χ0v) is 13.4. The van der Waals surface area contributed by atoms with E-state index in [-0.39, 0.29) is 5.41 Å². The van der Waals surface area contributed by atoms with Gasteiger partial charge in [0, 0.05) is 31.1 Å². The van der Waals surface area contributed by atoms with E-state index < -0.39 is 0 Å². The lowest BCUT2D eigenvalue weighted by Gasteiger charge is -2.31. The molecule has 0 saturated carbocycles. The van der Waals surface area contributed by atoms with Crippen LogP contribution in [0.25, 0.3) is 0 Å². The Kier molecular flexibility index (Phi) is 5.76. The lowest BCUT2D eigenvalue weighted by atomic mass is 9.92. The van der Waals surface area contributed by atoms with Crippen LogP contribution in [0.5, 0.6) is 0 Å². The Morgan fingerprint density at radius 3 is 2.61 bits per heavy atom. The normalized spacial score (nSPS) is 12.7. The van der Waals surface area contributed by atoms with Crippen LogP contribution in [0, 0.1) is 12.3 Å². The van der Waals surface area contributed by atoms with E-state index in [9.17, 15) is 0 Å². The van der Waals surface area contributed by atoms with Crippen LogP contribution in [0.15, 0.2) is 5.38 Å². The van der Waals surface area contributed by atoms with E-state index in [1.165, 1.54) is 5.69 Å². The molecule has 0 saturated heterocycles. The number of rotatable bonds is 7. The summed E-state index contributed by atoms with van der Waals surface area (Å²) in [5.41, 5.74) is 1.47. The maximum absolute atomic E-state index is 4.52. The Morgan fingerprint density at radius 1 is 1.44 bits per heavy atom. The van der Waals surface area contributed by atoms with Gasteiger partial charge in [-0.1, -0.05) is 27.7 Å². The molecule has 0 aromatic carbocycles. The van der Waals surface area contributed by atoms with Crippen molar-refractivity contribution in [3.63, 3.8) is 0 Å². The van der Waals surface area contributed by atoms with Crippen molar-refractivity contribution in [2.24, 2.45) is 5.41 Å².